The van der Waals surface area contributed by atoms with Crippen molar-refractivity contribution in [1.29, 1.82) is 0 Å². The first-order valence-electron chi connectivity index (χ1n) is 7.67. The van der Waals surface area contributed by atoms with Gasteiger partial charge in [-0.1, -0.05) is 35.1 Å². The van der Waals surface area contributed by atoms with Crippen molar-refractivity contribution in [2.45, 2.75) is 13.3 Å². The number of anilines is 1. The highest BCUT2D eigenvalue weighted by Gasteiger charge is 2.12. The number of ether oxygens (including phenoxy) is 1. The van der Waals surface area contributed by atoms with Gasteiger partial charge in [-0.3, -0.25) is 4.79 Å². The highest BCUT2D eigenvalue weighted by atomic mass is 35.5. The third-order valence-electron chi connectivity index (χ3n) is 3.42. The Balaban J connectivity index is 1.72. The second-order valence-corrected chi connectivity index (χ2v) is 6.74. The Kier molecular flexibility index (Phi) is 5.31. The molecule has 1 heterocycles. The van der Waals surface area contributed by atoms with E-state index in [0.29, 0.717) is 22.3 Å². The van der Waals surface area contributed by atoms with Gasteiger partial charge in [0.15, 0.2) is 5.13 Å². The number of fused-ring (bicyclic) bond motifs is 1. The predicted molar refractivity (Wildman–Crippen MR) is 99.4 cm³/mol. The van der Waals surface area contributed by atoms with Crippen LogP contribution in [0.4, 0.5) is 5.13 Å². The van der Waals surface area contributed by atoms with E-state index in [1.807, 2.05) is 12.1 Å². The normalized spacial score (nSPS) is 10.6. The molecule has 0 atom stereocenters. The molecule has 25 heavy (non-hydrogen) atoms. The first-order valence-corrected chi connectivity index (χ1v) is 8.86. The number of thiazole rings is 1. The van der Waals surface area contributed by atoms with Gasteiger partial charge in [-0.25, -0.2) is 9.78 Å². The number of halogens is 1. The molecule has 0 bridgehead atoms. The Morgan fingerprint density at radius 3 is 2.68 bits per heavy atom. The Labute approximate surface area is 153 Å². The van der Waals surface area contributed by atoms with E-state index in [4.69, 9.17) is 16.3 Å². The molecule has 0 unspecified atom stereocenters. The van der Waals surface area contributed by atoms with Crippen molar-refractivity contribution in [3.05, 3.63) is 58.6 Å². The Hall–Kier alpha value is -2.44. The number of amides is 1. The van der Waals surface area contributed by atoms with Gasteiger partial charge in [-0.2, -0.15) is 0 Å². The lowest BCUT2D eigenvalue weighted by Crippen LogP contribution is -2.14. The van der Waals surface area contributed by atoms with Gasteiger partial charge in [0.05, 0.1) is 28.8 Å². The van der Waals surface area contributed by atoms with Gasteiger partial charge >= 0.3 is 5.97 Å². The van der Waals surface area contributed by atoms with Crippen molar-refractivity contribution < 1.29 is 14.3 Å². The number of esters is 1. The molecule has 128 valence electrons. The summed E-state index contributed by atoms with van der Waals surface area (Å²) in [6, 6.07) is 12.3. The average Bonchev–Trinajstić information content (AvgIpc) is 2.98. The second kappa shape index (κ2) is 7.63. The fraction of sp³-hybridized carbons (Fsp3) is 0.167. The minimum atomic E-state index is -0.369. The maximum Gasteiger partial charge on any atom is 0.338 e. The Morgan fingerprint density at radius 2 is 1.96 bits per heavy atom. The van der Waals surface area contributed by atoms with E-state index in [2.05, 4.69) is 10.3 Å². The number of nitrogens with one attached hydrogen (secondary N) is 1. The van der Waals surface area contributed by atoms with Crippen molar-refractivity contribution in [2.75, 3.05) is 11.9 Å². The van der Waals surface area contributed by atoms with Crippen LogP contribution in [0.1, 0.15) is 22.8 Å². The van der Waals surface area contributed by atoms with Crippen LogP contribution in [0.25, 0.3) is 10.2 Å². The fourth-order valence-corrected chi connectivity index (χ4v) is 3.32. The lowest BCUT2D eigenvalue weighted by Gasteiger charge is -2.01. The summed E-state index contributed by atoms with van der Waals surface area (Å²) in [5.41, 5.74) is 2.06. The van der Waals surface area contributed by atoms with Crippen LogP contribution in [0, 0.1) is 0 Å². The van der Waals surface area contributed by atoms with Crippen LogP contribution in [0.3, 0.4) is 0 Å². The number of carbonyl (C=O) groups is 2. The molecule has 7 heteroatoms. The van der Waals surface area contributed by atoms with Crippen LogP contribution >= 0.6 is 22.9 Å². The average molecular weight is 375 g/mol. The zero-order valence-corrected chi connectivity index (χ0v) is 15.0. The molecule has 0 radical (unpaired) electrons. The lowest BCUT2D eigenvalue weighted by molar-refractivity contribution is -0.115. The molecule has 3 aromatic rings. The molecule has 3 rings (SSSR count). The molecule has 2 aromatic carbocycles. The molecule has 0 aliphatic heterocycles. The first-order chi connectivity index (χ1) is 12.0. The number of hydrogen-bond acceptors (Lipinski definition) is 5. The molecule has 0 saturated carbocycles. The number of aromatic nitrogens is 1. The smallest absolute Gasteiger partial charge is 0.338 e. The van der Waals surface area contributed by atoms with Gasteiger partial charge in [-0.05, 0) is 42.8 Å². The highest BCUT2D eigenvalue weighted by Crippen LogP contribution is 2.27. The van der Waals surface area contributed by atoms with Gasteiger partial charge in [0, 0.05) is 5.02 Å². The summed E-state index contributed by atoms with van der Waals surface area (Å²) in [6.07, 6.45) is 0.237. The van der Waals surface area contributed by atoms with Crippen LogP contribution < -0.4 is 5.32 Å². The quantitative estimate of drug-likeness (QED) is 0.676. The number of nitrogens with zero attached hydrogens (tertiary/aromatic N) is 1. The minimum Gasteiger partial charge on any atom is -0.462 e. The number of benzene rings is 2. The molecule has 0 fully saturated rings. The van der Waals surface area contributed by atoms with Crippen LogP contribution in [-0.4, -0.2) is 23.5 Å². The number of carbonyl (C=O) groups excluding carboxylic acids is 2. The van der Waals surface area contributed by atoms with E-state index in [1.54, 1.807) is 37.3 Å². The van der Waals surface area contributed by atoms with Crippen molar-refractivity contribution in [3.8, 4) is 0 Å². The molecule has 0 aliphatic carbocycles. The van der Waals surface area contributed by atoms with Crippen molar-refractivity contribution in [1.82, 2.24) is 4.98 Å². The lowest BCUT2D eigenvalue weighted by atomic mass is 10.1. The van der Waals surface area contributed by atoms with Crippen LogP contribution in [0.2, 0.25) is 5.02 Å². The summed E-state index contributed by atoms with van der Waals surface area (Å²) < 4.78 is 5.80. The van der Waals surface area contributed by atoms with E-state index in [1.165, 1.54) is 11.3 Å². The summed E-state index contributed by atoms with van der Waals surface area (Å²) in [5, 5.41) is 3.92. The van der Waals surface area contributed by atoms with Crippen LogP contribution in [0.15, 0.2) is 42.5 Å². The topological polar surface area (TPSA) is 68.3 Å². The van der Waals surface area contributed by atoms with Gasteiger partial charge in [-0.15, -0.1) is 0 Å². The van der Waals surface area contributed by atoms with Crippen LogP contribution in [0.5, 0.6) is 0 Å². The molecule has 1 aromatic heterocycles. The number of rotatable bonds is 5. The van der Waals surface area contributed by atoms with E-state index >= 15 is 0 Å². The summed E-state index contributed by atoms with van der Waals surface area (Å²) in [7, 11) is 0. The SMILES string of the molecule is CCOC(=O)c1ccc2nc(NC(=O)Cc3ccc(Cl)cc3)sc2c1. The van der Waals surface area contributed by atoms with Crippen molar-refractivity contribution in [3.63, 3.8) is 0 Å². The molecular formula is C18H15ClN2O3S. The number of hydrogen-bond donors (Lipinski definition) is 1. The molecule has 0 aliphatic rings. The molecule has 1 amide bonds. The molecule has 0 saturated heterocycles. The highest BCUT2D eigenvalue weighted by molar-refractivity contribution is 7.22. The van der Waals surface area contributed by atoms with Crippen molar-refractivity contribution >= 4 is 50.2 Å². The Morgan fingerprint density at radius 1 is 1.20 bits per heavy atom. The fourth-order valence-electron chi connectivity index (χ4n) is 2.27. The van der Waals surface area contributed by atoms with Gasteiger partial charge < -0.3 is 10.1 Å². The van der Waals surface area contributed by atoms with Crippen LogP contribution in [-0.2, 0) is 16.0 Å². The molecular weight excluding hydrogens is 360 g/mol. The van der Waals surface area contributed by atoms with E-state index in [0.717, 1.165) is 15.8 Å². The summed E-state index contributed by atoms with van der Waals surface area (Å²) in [5.74, 6) is -0.530. The maximum absolute atomic E-state index is 12.2. The summed E-state index contributed by atoms with van der Waals surface area (Å²) in [6.45, 7) is 2.09. The zero-order chi connectivity index (χ0) is 17.8. The monoisotopic (exact) mass is 374 g/mol. The maximum atomic E-state index is 12.2. The van der Waals surface area contributed by atoms with Gasteiger partial charge in [0.25, 0.3) is 0 Å². The minimum absolute atomic E-state index is 0.160. The van der Waals surface area contributed by atoms with Gasteiger partial charge in [0.1, 0.15) is 0 Å². The zero-order valence-electron chi connectivity index (χ0n) is 13.4. The summed E-state index contributed by atoms with van der Waals surface area (Å²) >= 11 is 7.15. The Bertz CT molecular complexity index is 922. The third kappa shape index (κ3) is 4.35. The standard InChI is InChI=1S/C18H15ClN2O3S/c1-2-24-17(23)12-5-8-14-15(10-12)25-18(20-14)21-16(22)9-11-3-6-13(19)7-4-11/h3-8,10H,2,9H2,1H3,(H,20,21,22). The molecule has 1 N–H and O–H groups in total. The van der Waals surface area contributed by atoms with Gasteiger partial charge in [0.2, 0.25) is 5.91 Å². The first kappa shape index (κ1) is 17.4. The third-order valence-corrected chi connectivity index (χ3v) is 4.61. The summed E-state index contributed by atoms with van der Waals surface area (Å²) in [4.78, 5) is 28.3. The van der Waals surface area contributed by atoms with E-state index in [-0.39, 0.29) is 18.3 Å². The largest absolute Gasteiger partial charge is 0.462 e. The van der Waals surface area contributed by atoms with E-state index in [9.17, 15) is 9.59 Å². The molecule has 0 spiro atoms. The second-order valence-electron chi connectivity index (χ2n) is 5.27. The molecule has 5 nitrogen and oxygen atoms in total. The van der Waals surface area contributed by atoms with Crippen molar-refractivity contribution in [2.24, 2.45) is 0 Å². The predicted octanol–water partition coefficient (Wildman–Crippen LogP) is 4.31. The van der Waals surface area contributed by atoms with E-state index < -0.39 is 0 Å².